The summed E-state index contributed by atoms with van der Waals surface area (Å²) in [6.07, 6.45) is 2.59. The van der Waals surface area contributed by atoms with Gasteiger partial charge in [-0.15, -0.1) is 0 Å². The van der Waals surface area contributed by atoms with Crippen LogP contribution in [0.3, 0.4) is 0 Å². The number of anilines is 1. The Balaban J connectivity index is 1.67. The van der Waals surface area contributed by atoms with E-state index >= 15 is 0 Å². The van der Waals surface area contributed by atoms with Crippen LogP contribution < -0.4 is 10.6 Å². The first kappa shape index (κ1) is 16.0. The lowest BCUT2D eigenvalue weighted by Crippen LogP contribution is -2.32. The van der Waals surface area contributed by atoms with Crippen molar-refractivity contribution in [2.45, 2.75) is 26.2 Å². The molecule has 2 fully saturated rings. The van der Waals surface area contributed by atoms with E-state index in [0.29, 0.717) is 29.5 Å². The molecule has 0 unspecified atom stereocenters. The molecule has 2 aliphatic rings. The molecule has 1 aromatic rings. The van der Waals surface area contributed by atoms with Gasteiger partial charge in [-0.1, -0.05) is 13.0 Å². The number of nitrogens with one attached hydrogen (secondary N) is 2. The molecule has 5 heteroatoms. The molecular formula is C18H25N3O2. The molecule has 0 aromatic heterocycles. The molecule has 2 heterocycles. The minimum absolute atomic E-state index is 0.0373. The number of carbonyl (C=O) groups is 2. The fourth-order valence-corrected chi connectivity index (χ4v) is 3.58. The summed E-state index contributed by atoms with van der Waals surface area (Å²) in [5.41, 5.74) is 1.35. The zero-order valence-corrected chi connectivity index (χ0v) is 13.7. The van der Waals surface area contributed by atoms with Gasteiger partial charge in [-0.2, -0.15) is 0 Å². The van der Waals surface area contributed by atoms with E-state index in [4.69, 9.17) is 0 Å². The van der Waals surface area contributed by atoms with Gasteiger partial charge in [-0.05, 0) is 56.0 Å². The van der Waals surface area contributed by atoms with Crippen molar-refractivity contribution in [2.75, 3.05) is 31.5 Å². The maximum atomic E-state index is 12.8. The zero-order chi connectivity index (χ0) is 16.2. The maximum Gasteiger partial charge on any atom is 0.253 e. The molecule has 0 bridgehead atoms. The second-order valence-corrected chi connectivity index (χ2v) is 6.53. The minimum atomic E-state index is -0.0373. The van der Waals surface area contributed by atoms with Crippen molar-refractivity contribution in [2.24, 2.45) is 11.8 Å². The number of hydrogen-bond donors (Lipinski definition) is 2. The van der Waals surface area contributed by atoms with Gasteiger partial charge in [0.05, 0.1) is 0 Å². The average molecular weight is 315 g/mol. The number of rotatable bonds is 3. The Morgan fingerprint density at radius 2 is 1.91 bits per heavy atom. The third-order valence-corrected chi connectivity index (χ3v) is 5.02. The summed E-state index contributed by atoms with van der Waals surface area (Å²) in [7, 11) is 0. The lowest BCUT2D eigenvalue weighted by molar-refractivity contribution is -0.115. The molecule has 0 radical (unpaired) electrons. The summed E-state index contributed by atoms with van der Waals surface area (Å²) in [6.45, 7) is 5.64. The summed E-state index contributed by atoms with van der Waals surface area (Å²) in [4.78, 5) is 26.3. The fraction of sp³-hybridized carbons (Fsp3) is 0.556. The van der Waals surface area contributed by atoms with E-state index in [1.54, 1.807) is 6.07 Å². The number of hydrogen-bond acceptors (Lipinski definition) is 3. The number of fused-ring (bicyclic) bond motifs is 1. The van der Waals surface area contributed by atoms with Crippen molar-refractivity contribution >= 4 is 17.5 Å². The van der Waals surface area contributed by atoms with Crippen LogP contribution in [0.4, 0.5) is 5.69 Å². The van der Waals surface area contributed by atoms with Crippen molar-refractivity contribution in [3.63, 3.8) is 0 Å². The van der Waals surface area contributed by atoms with Gasteiger partial charge >= 0.3 is 0 Å². The van der Waals surface area contributed by atoms with Crippen molar-refractivity contribution < 1.29 is 9.59 Å². The molecule has 0 saturated carbocycles. The first-order valence-electron chi connectivity index (χ1n) is 8.57. The molecule has 0 spiro atoms. The van der Waals surface area contributed by atoms with Crippen LogP contribution in [0.5, 0.6) is 0 Å². The number of amides is 2. The van der Waals surface area contributed by atoms with Crippen LogP contribution in [0.15, 0.2) is 24.3 Å². The van der Waals surface area contributed by atoms with Gasteiger partial charge in [0.1, 0.15) is 0 Å². The van der Waals surface area contributed by atoms with E-state index < -0.39 is 0 Å². The highest BCUT2D eigenvalue weighted by molar-refractivity contribution is 5.97. The van der Waals surface area contributed by atoms with E-state index in [9.17, 15) is 9.59 Å². The highest BCUT2D eigenvalue weighted by atomic mass is 16.2. The predicted molar refractivity (Wildman–Crippen MR) is 90.3 cm³/mol. The van der Waals surface area contributed by atoms with Gasteiger partial charge in [-0.25, -0.2) is 0 Å². The molecule has 2 atom stereocenters. The summed E-state index contributed by atoms with van der Waals surface area (Å²) < 4.78 is 0. The monoisotopic (exact) mass is 315 g/mol. The molecular weight excluding hydrogens is 290 g/mol. The number of nitrogens with zero attached hydrogens (tertiary/aromatic N) is 1. The normalized spacial score (nSPS) is 24.0. The van der Waals surface area contributed by atoms with E-state index in [2.05, 4.69) is 10.6 Å². The molecule has 2 amide bonds. The molecule has 0 aliphatic carbocycles. The zero-order valence-electron chi connectivity index (χ0n) is 13.7. The van der Waals surface area contributed by atoms with Gasteiger partial charge in [-0.3, -0.25) is 9.59 Å². The molecule has 2 N–H and O–H groups in total. The Kier molecular flexibility index (Phi) is 4.96. The molecule has 124 valence electrons. The standard InChI is InChI=1S/C18H25N3O2/c1-2-17(22)20-16-5-3-4-13(10-16)18(23)21-8-6-14-11-19-12-15(14)7-9-21/h3-5,10,14-15,19H,2,6-9,11-12H2,1H3,(H,20,22)/t14-,15+. The summed E-state index contributed by atoms with van der Waals surface area (Å²) >= 11 is 0. The van der Waals surface area contributed by atoms with Crippen molar-refractivity contribution in [1.82, 2.24) is 10.2 Å². The van der Waals surface area contributed by atoms with Gasteiger partial charge in [0.2, 0.25) is 5.91 Å². The second-order valence-electron chi connectivity index (χ2n) is 6.53. The molecule has 1 aromatic carbocycles. The van der Waals surface area contributed by atoms with Crippen LogP contribution in [0, 0.1) is 11.8 Å². The number of benzene rings is 1. The van der Waals surface area contributed by atoms with E-state index in [1.165, 1.54) is 0 Å². The van der Waals surface area contributed by atoms with Gasteiger partial charge in [0.15, 0.2) is 0 Å². The number of carbonyl (C=O) groups excluding carboxylic acids is 2. The quantitative estimate of drug-likeness (QED) is 0.898. The Morgan fingerprint density at radius 1 is 1.22 bits per heavy atom. The molecule has 3 rings (SSSR count). The van der Waals surface area contributed by atoms with Gasteiger partial charge in [0.25, 0.3) is 5.91 Å². The van der Waals surface area contributed by atoms with Gasteiger partial charge in [0, 0.05) is 30.8 Å². The van der Waals surface area contributed by atoms with Gasteiger partial charge < -0.3 is 15.5 Å². The average Bonchev–Trinajstić information content (AvgIpc) is 2.93. The van der Waals surface area contributed by atoms with Crippen LogP contribution in [0.25, 0.3) is 0 Å². The van der Waals surface area contributed by atoms with Crippen molar-refractivity contribution in [3.05, 3.63) is 29.8 Å². The van der Waals surface area contributed by atoms with Crippen LogP contribution >= 0.6 is 0 Å². The first-order valence-corrected chi connectivity index (χ1v) is 8.57. The maximum absolute atomic E-state index is 12.8. The third-order valence-electron chi connectivity index (χ3n) is 5.02. The Labute approximate surface area is 137 Å². The highest BCUT2D eigenvalue weighted by Crippen LogP contribution is 2.27. The lowest BCUT2D eigenvalue weighted by Gasteiger charge is -2.21. The lowest BCUT2D eigenvalue weighted by atomic mass is 9.92. The molecule has 2 aliphatic heterocycles. The first-order chi connectivity index (χ1) is 11.2. The SMILES string of the molecule is CCC(=O)Nc1cccc(C(=O)N2CC[C@@H]3CNC[C@@H]3CC2)c1. The van der Waals surface area contributed by atoms with E-state index in [1.807, 2.05) is 30.0 Å². The summed E-state index contributed by atoms with van der Waals surface area (Å²) in [5, 5.41) is 6.27. The fourth-order valence-electron chi connectivity index (χ4n) is 3.58. The Morgan fingerprint density at radius 3 is 2.57 bits per heavy atom. The van der Waals surface area contributed by atoms with Crippen LogP contribution in [0.1, 0.15) is 36.5 Å². The molecule has 23 heavy (non-hydrogen) atoms. The smallest absolute Gasteiger partial charge is 0.253 e. The van der Waals surface area contributed by atoms with Crippen LogP contribution in [-0.4, -0.2) is 42.9 Å². The predicted octanol–water partition coefficient (Wildman–Crippen LogP) is 2.11. The highest BCUT2D eigenvalue weighted by Gasteiger charge is 2.31. The van der Waals surface area contributed by atoms with E-state index in [0.717, 1.165) is 39.0 Å². The molecule has 2 saturated heterocycles. The van der Waals surface area contributed by atoms with Crippen LogP contribution in [0.2, 0.25) is 0 Å². The number of likely N-dealkylation sites (tertiary alicyclic amines) is 1. The Hall–Kier alpha value is -1.88. The summed E-state index contributed by atoms with van der Waals surface area (Å²) in [6, 6.07) is 7.26. The molecule has 5 nitrogen and oxygen atoms in total. The van der Waals surface area contributed by atoms with Crippen molar-refractivity contribution in [1.29, 1.82) is 0 Å². The summed E-state index contributed by atoms with van der Waals surface area (Å²) in [5.74, 6) is 1.46. The largest absolute Gasteiger partial charge is 0.339 e. The topological polar surface area (TPSA) is 61.4 Å². The van der Waals surface area contributed by atoms with E-state index in [-0.39, 0.29) is 11.8 Å². The van der Waals surface area contributed by atoms with Crippen LogP contribution in [-0.2, 0) is 4.79 Å². The Bertz CT molecular complexity index is 573. The third kappa shape index (κ3) is 3.72. The minimum Gasteiger partial charge on any atom is -0.339 e. The van der Waals surface area contributed by atoms with Crippen molar-refractivity contribution in [3.8, 4) is 0 Å². The second kappa shape index (κ2) is 7.13.